The van der Waals surface area contributed by atoms with E-state index in [1.807, 2.05) is 13.8 Å². The van der Waals surface area contributed by atoms with Gasteiger partial charge in [0.05, 0.1) is 6.61 Å². The van der Waals surface area contributed by atoms with Gasteiger partial charge in [0.15, 0.2) is 0 Å². The smallest absolute Gasteiger partial charge is 0.228 e. The van der Waals surface area contributed by atoms with Gasteiger partial charge in [0.1, 0.15) is 6.35 Å². The van der Waals surface area contributed by atoms with E-state index < -0.39 is 7.37 Å². The molecule has 0 bridgehead atoms. The van der Waals surface area contributed by atoms with E-state index in [1.165, 1.54) is 32.1 Å². The van der Waals surface area contributed by atoms with Crippen LogP contribution in [0.1, 0.15) is 46.0 Å². The predicted molar refractivity (Wildman–Crippen MR) is 67.2 cm³/mol. The van der Waals surface area contributed by atoms with Crippen molar-refractivity contribution in [2.24, 2.45) is 5.92 Å². The van der Waals surface area contributed by atoms with E-state index in [0.29, 0.717) is 25.5 Å². The lowest BCUT2D eigenvalue weighted by atomic mass is 9.91. The minimum absolute atomic E-state index is 0.299. The van der Waals surface area contributed by atoms with Crippen LogP contribution in [-0.2, 0) is 13.8 Å². The Morgan fingerprint density at radius 1 is 1.12 bits per heavy atom. The number of rotatable bonds is 7. The molecule has 0 amide bonds. The highest BCUT2D eigenvalue weighted by molar-refractivity contribution is 7.58. The average molecular weight is 248 g/mol. The second kappa shape index (κ2) is 7.47. The summed E-state index contributed by atoms with van der Waals surface area (Å²) in [5, 5.41) is 0. The Kier molecular flexibility index (Phi) is 6.64. The summed E-state index contributed by atoms with van der Waals surface area (Å²) in [7, 11) is -2.53. The summed E-state index contributed by atoms with van der Waals surface area (Å²) in [6.45, 7) is 4.97. The number of hydrogen-bond acceptors (Lipinski definition) is 3. The molecule has 0 radical (unpaired) electrons. The molecule has 3 nitrogen and oxygen atoms in total. The first kappa shape index (κ1) is 14.2. The predicted octanol–water partition coefficient (Wildman–Crippen LogP) is 3.88. The van der Waals surface area contributed by atoms with E-state index in [2.05, 4.69) is 0 Å². The molecule has 1 atom stereocenters. The van der Waals surface area contributed by atoms with E-state index in [0.717, 1.165) is 6.16 Å². The third kappa shape index (κ3) is 4.99. The van der Waals surface area contributed by atoms with Gasteiger partial charge in [-0.05, 0) is 32.6 Å². The van der Waals surface area contributed by atoms with Gasteiger partial charge in [-0.2, -0.15) is 0 Å². The Labute approximate surface area is 99.4 Å². The molecule has 0 heterocycles. The van der Waals surface area contributed by atoms with Crippen molar-refractivity contribution in [1.82, 2.24) is 0 Å². The molecule has 0 aliphatic heterocycles. The summed E-state index contributed by atoms with van der Waals surface area (Å²) in [5.74, 6) is 0.589. The van der Waals surface area contributed by atoms with Crippen LogP contribution in [0.15, 0.2) is 0 Å². The highest BCUT2D eigenvalue weighted by Crippen LogP contribution is 2.50. The summed E-state index contributed by atoms with van der Waals surface area (Å²) in [4.78, 5) is 0. The third-order valence-electron chi connectivity index (χ3n) is 3.12. The van der Waals surface area contributed by atoms with Crippen LogP contribution in [0.2, 0.25) is 0 Å². The van der Waals surface area contributed by atoms with Crippen molar-refractivity contribution in [3.05, 3.63) is 0 Å². The lowest BCUT2D eigenvalue weighted by Gasteiger charge is -2.26. The van der Waals surface area contributed by atoms with E-state index in [-0.39, 0.29) is 0 Å². The highest BCUT2D eigenvalue weighted by Gasteiger charge is 2.28. The van der Waals surface area contributed by atoms with Crippen LogP contribution in [-0.4, -0.2) is 25.7 Å². The maximum Gasteiger partial charge on any atom is 0.228 e. The lowest BCUT2D eigenvalue weighted by molar-refractivity contribution is 0.174. The summed E-state index contributed by atoms with van der Waals surface area (Å²) in [6, 6.07) is 0. The normalized spacial score (nSPS) is 21.9. The maximum absolute atomic E-state index is 12.5. The SMILES string of the molecule is CCOCP(=O)(CC1CCCCC1)OCC. The maximum atomic E-state index is 12.5. The van der Waals surface area contributed by atoms with Crippen molar-refractivity contribution >= 4 is 7.37 Å². The molecule has 0 aromatic carbocycles. The Morgan fingerprint density at radius 2 is 1.81 bits per heavy atom. The molecule has 96 valence electrons. The van der Waals surface area contributed by atoms with Gasteiger partial charge in [-0.3, -0.25) is 4.57 Å². The van der Waals surface area contributed by atoms with Crippen LogP contribution in [0.3, 0.4) is 0 Å². The van der Waals surface area contributed by atoms with E-state index in [1.54, 1.807) is 0 Å². The molecule has 0 saturated heterocycles. The van der Waals surface area contributed by atoms with Crippen LogP contribution in [0.25, 0.3) is 0 Å². The van der Waals surface area contributed by atoms with Gasteiger partial charge >= 0.3 is 0 Å². The zero-order valence-electron chi connectivity index (χ0n) is 10.6. The van der Waals surface area contributed by atoms with Crippen molar-refractivity contribution in [2.45, 2.75) is 46.0 Å². The molecule has 1 saturated carbocycles. The molecular formula is C12H25O3P. The number of hydrogen-bond donors (Lipinski definition) is 0. The Hall–Kier alpha value is 0.150. The van der Waals surface area contributed by atoms with Crippen LogP contribution < -0.4 is 0 Å². The summed E-state index contributed by atoms with van der Waals surface area (Å²) in [6.07, 6.45) is 7.35. The van der Waals surface area contributed by atoms with E-state index in [4.69, 9.17) is 9.26 Å². The summed E-state index contributed by atoms with van der Waals surface area (Å²) < 4.78 is 23.3. The molecule has 1 unspecified atom stereocenters. The second-order valence-electron chi connectivity index (χ2n) is 4.54. The molecule has 0 N–H and O–H groups in total. The van der Waals surface area contributed by atoms with Gasteiger partial charge in [0, 0.05) is 12.8 Å². The zero-order chi connectivity index (χ0) is 11.9. The second-order valence-corrected chi connectivity index (χ2v) is 7.05. The standard InChI is InChI=1S/C12H25O3P/c1-3-14-11-16(13,15-4-2)10-12-8-6-5-7-9-12/h12H,3-11H2,1-2H3. The van der Waals surface area contributed by atoms with Gasteiger partial charge in [-0.15, -0.1) is 0 Å². The average Bonchev–Trinajstić information content (AvgIpc) is 2.28. The minimum atomic E-state index is -2.53. The lowest BCUT2D eigenvalue weighted by Crippen LogP contribution is -2.14. The first-order chi connectivity index (χ1) is 7.70. The molecule has 0 aromatic rings. The van der Waals surface area contributed by atoms with Gasteiger partial charge in [0.2, 0.25) is 7.37 Å². The van der Waals surface area contributed by atoms with Crippen LogP contribution in [0, 0.1) is 5.92 Å². The van der Waals surface area contributed by atoms with Crippen LogP contribution in [0.4, 0.5) is 0 Å². The van der Waals surface area contributed by atoms with Crippen molar-refractivity contribution in [3.63, 3.8) is 0 Å². The number of ether oxygens (including phenoxy) is 1. The van der Waals surface area contributed by atoms with Gasteiger partial charge in [-0.25, -0.2) is 0 Å². The molecular weight excluding hydrogens is 223 g/mol. The van der Waals surface area contributed by atoms with Gasteiger partial charge < -0.3 is 9.26 Å². The zero-order valence-corrected chi connectivity index (χ0v) is 11.5. The summed E-state index contributed by atoms with van der Waals surface area (Å²) in [5.41, 5.74) is 0. The van der Waals surface area contributed by atoms with E-state index in [9.17, 15) is 4.57 Å². The fourth-order valence-electron chi connectivity index (χ4n) is 2.37. The van der Waals surface area contributed by atoms with E-state index >= 15 is 0 Å². The minimum Gasteiger partial charge on any atom is -0.372 e. The van der Waals surface area contributed by atoms with Crippen molar-refractivity contribution in [2.75, 3.05) is 25.7 Å². The van der Waals surface area contributed by atoms with Crippen molar-refractivity contribution in [3.8, 4) is 0 Å². The monoisotopic (exact) mass is 248 g/mol. The quantitative estimate of drug-likeness (QED) is 0.641. The molecule has 1 rings (SSSR count). The first-order valence-electron chi connectivity index (χ1n) is 6.50. The molecule has 16 heavy (non-hydrogen) atoms. The summed E-state index contributed by atoms with van der Waals surface area (Å²) >= 11 is 0. The third-order valence-corrected chi connectivity index (χ3v) is 5.50. The largest absolute Gasteiger partial charge is 0.372 e. The topological polar surface area (TPSA) is 35.5 Å². The molecule has 4 heteroatoms. The Balaban J connectivity index is 2.44. The van der Waals surface area contributed by atoms with Crippen LogP contribution >= 0.6 is 7.37 Å². The molecule has 0 spiro atoms. The van der Waals surface area contributed by atoms with Crippen molar-refractivity contribution < 1.29 is 13.8 Å². The highest BCUT2D eigenvalue weighted by atomic mass is 31.2. The molecule has 1 aliphatic carbocycles. The van der Waals surface area contributed by atoms with Gasteiger partial charge in [0.25, 0.3) is 0 Å². The van der Waals surface area contributed by atoms with Gasteiger partial charge in [-0.1, -0.05) is 19.3 Å². The molecule has 1 fully saturated rings. The molecule has 1 aliphatic rings. The van der Waals surface area contributed by atoms with Crippen LogP contribution in [0.5, 0.6) is 0 Å². The van der Waals surface area contributed by atoms with Crippen molar-refractivity contribution in [1.29, 1.82) is 0 Å². The fraction of sp³-hybridized carbons (Fsp3) is 1.00. The Bertz CT molecular complexity index is 224. The fourth-order valence-corrected chi connectivity index (χ4v) is 4.74. The molecule has 0 aromatic heterocycles. The Morgan fingerprint density at radius 3 is 2.38 bits per heavy atom. The first-order valence-corrected chi connectivity index (χ1v) is 8.50.